The minimum Gasteiger partial charge on any atom is -0.316 e. The first kappa shape index (κ1) is 5.72. The lowest BCUT2D eigenvalue weighted by molar-refractivity contribution is 0.284. The molecule has 0 aromatic carbocycles. The summed E-state index contributed by atoms with van der Waals surface area (Å²) in [4.78, 5) is 0. The van der Waals surface area contributed by atoms with E-state index in [1.807, 2.05) is 0 Å². The van der Waals surface area contributed by atoms with E-state index in [1.54, 1.807) is 0 Å². The van der Waals surface area contributed by atoms with Gasteiger partial charge in [-0.25, -0.2) is 0 Å². The van der Waals surface area contributed by atoms with Crippen LogP contribution in [0.3, 0.4) is 0 Å². The molecule has 1 heterocycles. The van der Waals surface area contributed by atoms with Gasteiger partial charge in [0.05, 0.1) is 0 Å². The molecule has 1 heteroatoms. The molecule has 2 aliphatic rings. The number of hydrogen-bond donors (Lipinski definition) is 1. The Morgan fingerprint density at radius 1 is 1.44 bits per heavy atom. The highest BCUT2D eigenvalue weighted by atomic mass is 14.9. The fourth-order valence-electron chi connectivity index (χ4n) is 2.02. The summed E-state index contributed by atoms with van der Waals surface area (Å²) in [6.45, 7) is 4.91. The van der Waals surface area contributed by atoms with Crippen LogP contribution in [0, 0.1) is 11.3 Å². The van der Waals surface area contributed by atoms with Gasteiger partial charge in [-0.1, -0.05) is 6.92 Å². The van der Waals surface area contributed by atoms with Gasteiger partial charge in [0.2, 0.25) is 0 Å². The van der Waals surface area contributed by atoms with E-state index < -0.39 is 0 Å². The summed E-state index contributed by atoms with van der Waals surface area (Å²) in [5, 5.41) is 3.49. The Morgan fingerprint density at radius 3 is 2.67 bits per heavy atom. The molecule has 1 N–H and O–H groups in total. The van der Waals surface area contributed by atoms with E-state index in [9.17, 15) is 0 Å². The number of rotatable bonds is 0. The highest BCUT2D eigenvalue weighted by molar-refractivity contribution is 4.98. The molecule has 1 saturated carbocycles. The maximum absolute atomic E-state index is 3.49. The van der Waals surface area contributed by atoms with Gasteiger partial charge in [-0.15, -0.1) is 0 Å². The van der Waals surface area contributed by atoms with Gasteiger partial charge in [-0.3, -0.25) is 0 Å². The molecule has 2 fully saturated rings. The Balaban J connectivity index is 1.96. The predicted molar refractivity (Wildman–Crippen MR) is 38.3 cm³/mol. The standard InChI is InChI=1S/C8H15N/c1-7-4-8(2-3-8)6-9-5-7/h7,9H,2-6H2,1H3/t7-/m1/s1. The molecule has 1 saturated heterocycles. The van der Waals surface area contributed by atoms with Crippen LogP contribution in [0.25, 0.3) is 0 Å². The van der Waals surface area contributed by atoms with Crippen LogP contribution in [0.5, 0.6) is 0 Å². The molecule has 0 bridgehead atoms. The van der Waals surface area contributed by atoms with Gasteiger partial charge < -0.3 is 5.32 Å². The zero-order valence-corrected chi connectivity index (χ0v) is 6.11. The second-order valence-electron chi connectivity index (χ2n) is 3.94. The molecular weight excluding hydrogens is 110 g/mol. The lowest BCUT2D eigenvalue weighted by Gasteiger charge is -2.27. The summed E-state index contributed by atoms with van der Waals surface area (Å²) < 4.78 is 0. The van der Waals surface area contributed by atoms with Crippen LogP contribution in [-0.4, -0.2) is 13.1 Å². The van der Waals surface area contributed by atoms with Gasteiger partial charge in [-0.2, -0.15) is 0 Å². The molecule has 0 aromatic rings. The monoisotopic (exact) mass is 125 g/mol. The molecule has 1 nitrogen and oxygen atoms in total. The molecule has 0 unspecified atom stereocenters. The molecule has 9 heavy (non-hydrogen) atoms. The van der Waals surface area contributed by atoms with E-state index in [0.717, 1.165) is 11.3 Å². The Hall–Kier alpha value is -0.0400. The Labute approximate surface area is 56.8 Å². The third-order valence-electron chi connectivity index (χ3n) is 2.73. The van der Waals surface area contributed by atoms with Crippen molar-refractivity contribution >= 4 is 0 Å². The first-order valence-electron chi connectivity index (χ1n) is 4.02. The highest BCUT2D eigenvalue weighted by Gasteiger charge is 2.44. The van der Waals surface area contributed by atoms with E-state index in [2.05, 4.69) is 12.2 Å². The van der Waals surface area contributed by atoms with Crippen molar-refractivity contribution in [3.63, 3.8) is 0 Å². The van der Waals surface area contributed by atoms with E-state index in [-0.39, 0.29) is 0 Å². The van der Waals surface area contributed by atoms with Crippen LogP contribution in [0.1, 0.15) is 26.2 Å². The molecule has 1 spiro atoms. The summed E-state index contributed by atoms with van der Waals surface area (Å²) >= 11 is 0. The van der Waals surface area contributed by atoms with Gasteiger partial charge in [0.25, 0.3) is 0 Å². The molecule has 52 valence electrons. The van der Waals surface area contributed by atoms with E-state index >= 15 is 0 Å². The minimum absolute atomic E-state index is 0.789. The van der Waals surface area contributed by atoms with Crippen molar-refractivity contribution in [2.24, 2.45) is 11.3 Å². The van der Waals surface area contributed by atoms with Gasteiger partial charge in [0, 0.05) is 6.54 Å². The molecular formula is C8H15N. The minimum atomic E-state index is 0.789. The van der Waals surface area contributed by atoms with Crippen molar-refractivity contribution < 1.29 is 0 Å². The van der Waals surface area contributed by atoms with Crippen LogP contribution in [-0.2, 0) is 0 Å². The Bertz CT molecular complexity index is 116. The predicted octanol–water partition coefficient (Wildman–Crippen LogP) is 1.40. The molecule has 0 amide bonds. The third-order valence-corrected chi connectivity index (χ3v) is 2.73. The number of hydrogen-bond acceptors (Lipinski definition) is 1. The lowest BCUT2D eigenvalue weighted by Crippen LogP contribution is -2.36. The van der Waals surface area contributed by atoms with E-state index in [1.165, 1.54) is 32.4 Å². The topological polar surface area (TPSA) is 12.0 Å². The number of nitrogens with one attached hydrogen (secondary N) is 1. The molecule has 2 rings (SSSR count). The Morgan fingerprint density at radius 2 is 2.22 bits per heavy atom. The normalized spacial score (nSPS) is 39.0. The zero-order valence-electron chi connectivity index (χ0n) is 6.11. The largest absolute Gasteiger partial charge is 0.316 e. The average Bonchev–Trinajstić information content (AvgIpc) is 2.49. The van der Waals surface area contributed by atoms with Gasteiger partial charge in [0.1, 0.15) is 0 Å². The van der Waals surface area contributed by atoms with Gasteiger partial charge >= 0.3 is 0 Å². The second-order valence-corrected chi connectivity index (χ2v) is 3.94. The highest BCUT2D eigenvalue weighted by Crippen LogP contribution is 2.51. The zero-order chi connectivity index (χ0) is 6.32. The van der Waals surface area contributed by atoms with Crippen LogP contribution in [0.2, 0.25) is 0 Å². The van der Waals surface area contributed by atoms with Crippen molar-refractivity contribution in [2.45, 2.75) is 26.2 Å². The second kappa shape index (κ2) is 1.72. The molecule has 0 radical (unpaired) electrons. The van der Waals surface area contributed by atoms with Crippen molar-refractivity contribution in [3.8, 4) is 0 Å². The summed E-state index contributed by atoms with van der Waals surface area (Å²) in [7, 11) is 0. The lowest BCUT2D eigenvalue weighted by atomic mass is 9.89. The maximum atomic E-state index is 3.49. The first-order valence-corrected chi connectivity index (χ1v) is 4.02. The molecule has 1 aliphatic carbocycles. The fourth-order valence-corrected chi connectivity index (χ4v) is 2.02. The van der Waals surface area contributed by atoms with Gasteiger partial charge in [0.15, 0.2) is 0 Å². The summed E-state index contributed by atoms with van der Waals surface area (Å²) in [6, 6.07) is 0. The molecule has 1 aliphatic heterocycles. The smallest absolute Gasteiger partial charge is 0.000804 e. The van der Waals surface area contributed by atoms with Crippen LogP contribution in [0.15, 0.2) is 0 Å². The van der Waals surface area contributed by atoms with E-state index in [0.29, 0.717) is 0 Å². The Kier molecular flexibility index (Phi) is 1.10. The van der Waals surface area contributed by atoms with Crippen molar-refractivity contribution in [3.05, 3.63) is 0 Å². The van der Waals surface area contributed by atoms with Crippen molar-refractivity contribution in [1.29, 1.82) is 0 Å². The van der Waals surface area contributed by atoms with Crippen LogP contribution in [0.4, 0.5) is 0 Å². The summed E-state index contributed by atoms with van der Waals surface area (Å²) in [5.41, 5.74) is 0.789. The maximum Gasteiger partial charge on any atom is 0.000804 e. The van der Waals surface area contributed by atoms with Crippen LogP contribution < -0.4 is 5.32 Å². The number of piperidine rings is 1. The van der Waals surface area contributed by atoms with E-state index in [4.69, 9.17) is 0 Å². The quantitative estimate of drug-likeness (QED) is 0.516. The van der Waals surface area contributed by atoms with Crippen LogP contribution >= 0.6 is 0 Å². The van der Waals surface area contributed by atoms with Crippen molar-refractivity contribution in [1.82, 2.24) is 5.32 Å². The van der Waals surface area contributed by atoms with Gasteiger partial charge in [-0.05, 0) is 37.1 Å². The molecule has 0 aromatic heterocycles. The fraction of sp³-hybridized carbons (Fsp3) is 1.00. The SMILES string of the molecule is C[C@H]1CNCC2(CC2)C1. The van der Waals surface area contributed by atoms with Crippen molar-refractivity contribution in [2.75, 3.05) is 13.1 Å². The molecule has 1 atom stereocenters. The summed E-state index contributed by atoms with van der Waals surface area (Å²) in [5.74, 6) is 0.932. The average molecular weight is 125 g/mol. The summed E-state index contributed by atoms with van der Waals surface area (Å²) in [6.07, 6.45) is 4.47. The first-order chi connectivity index (χ1) is 4.31. The third kappa shape index (κ3) is 0.983.